The standard InChI is InChI=1S/C10H23NO2/c1-9(5-4-7-12)11-10(2)6-8-13-3/h9-12H,4-8H2,1-3H3. The van der Waals surface area contributed by atoms with Gasteiger partial charge in [-0.2, -0.15) is 0 Å². The van der Waals surface area contributed by atoms with Crippen molar-refractivity contribution in [1.29, 1.82) is 0 Å². The number of methoxy groups -OCH3 is 1. The molecule has 3 nitrogen and oxygen atoms in total. The Morgan fingerprint density at radius 3 is 2.38 bits per heavy atom. The van der Waals surface area contributed by atoms with Gasteiger partial charge in [0.2, 0.25) is 0 Å². The van der Waals surface area contributed by atoms with E-state index >= 15 is 0 Å². The minimum absolute atomic E-state index is 0.290. The first-order valence-electron chi connectivity index (χ1n) is 5.06. The molecule has 0 aliphatic carbocycles. The highest BCUT2D eigenvalue weighted by Crippen LogP contribution is 1.99. The van der Waals surface area contributed by atoms with Crippen LogP contribution in [0.25, 0.3) is 0 Å². The molecule has 13 heavy (non-hydrogen) atoms. The van der Waals surface area contributed by atoms with E-state index in [1.807, 2.05) is 0 Å². The molecule has 0 saturated carbocycles. The molecule has 2 unspecified atom stereocenters. The molecule has 3 heteroatoms. The number of hydrogen-bond acceptors (Lipinski definition) is 3. The van der Waals surface area contributed by atoms with Gasteiger partial charge in [-0.25, -0.2) is 0 Å². The van der Waals surface area contributed by atoms with Crippen molar-refractivity contribution in [2.75, 3.05) is 20.3 Å². The zero-order valence-electron chi connectivity index (χ0n) is 9.05. The maximum absolute atomic E-state index is 8.64. The fraction of sp³-hybridized carbons (Fsp3) is 1.00. The molecule has 0 saturated heterocycles. The van der Waals surface area contributed by atoms with E-state index in [0.29, 0.717) is 18.7 Å². The molecular formula is C10H23NO2. The lowest BCUT2D eigenvalue weighted by atomic mass is 10.1. The molecule has 2 atom stereocenters. The normalized spacial score (nSPS) is 15.7. The molecular weight excluding hydrogens is 166 g/mol. The number of aliphatic hydroxyl groups is 1. The van der Waals surface area contributed by atoms with Crippen LogP contribution in [0, 0.1) is 0 Å². The SMILES string of the molecule is COCCC(C)NC(C)CCCO. The number of nitrogens with one attached hydrogen (secondary N) is 1. The zero-order valence-corrected chi connectivity index (χ0v) is 9.05. The summed E-state index contributed by atoms with van der Waals surface area (Å²) in [5.41, 5.74) is 0. The Kier molecular flexibility index (Phi) is 8.40. The highest BCUT2D eigenvalue weighted by molar-refractivity contribution is 4.67. The number of aliphatic hydroxyl groups excluding tert-OH is 1. The van der Waals surface area contributed by atoms with Crippen LogP contribution in [0.3, 0.4) is 0 Å². The molecule has 0 amide bonds. The van der Waals surface area contributed by atoms with E-state index in [2.05, 4.69) is 19.2 Å². The van der Waals surface area contributed by atoms with Crippen LogP contribution in [0.1, 0.15) is 33.1 Å². The lowest BCUT2D eigenvalue weighted by Gasteiger charge is -2.19. The molecule has 2 N–H and O–H groups in total. The molecule has 80 valence electrons. The van der Waals surface area contributed by atoms with Gasteiger partial charge in [-0.05, 0) is 33.1 Å². The van der Waals surface area contributed by atoms with Crippen LogP contribution in [0.4, 0.5) is 0 Å². The van der Waals surface area contributed by atoms with E-state index in [4.69, 9.17) is 9.84 Å². The Morgan fingerprint density at radius 1 is 1.23 bits per heavy atom. The van der Waals surface area contributed by atoms with Crippen LogP contribution in [-0.4, -0.2) is 37.5 Å². The van der Waals surface area contributed by atoms with Gasteiger partial charge in [0.15, 0.2) is 0 Å². The molecule has 0 radical (unpaired) electrons. The van der Waals surface area contributed by atoms with Gasteiger partial charge in [0, 0.05) is 32.4 Å². The van der Waals surface area contributed by atoms with Crippen molar-refractivity contribution in [3.8, 4) is 0 Å². The van der Waals surface area contributed by atoms with Gasteiger partial charge in [0.1, 0.15) is 0 Å². The predicted octanol–water partition coefficient (Wildman–Crippen LogP) is 1.16. The van der Waals surface area contributed by atoms with Crippen LogP contribution in [0.2, 0.25) is 0 Å². The summed E-state index contributed by atoms with van der Waals surface area (Å²) in [5.74, 6) is 0. The summed E-state index contributed by atoms with van der Waals surface area (Å²) in [5, 5.41) is 12.1. The van der Waals surface area contributed by atoms with Crippen LogP contribution in [-0.2, 0) is 4.74 Å². The van der Waals surface area contributed by atoms with E-state index in [9.17, 15) is 0 Å². The van der Waals surface area contributed by atoms with E-state index < -0.39 is 0 Å². The summed E-state index contributed by atoms with van der Waals surface area (Å²) in [4.78, 5) is 0. The molecule has 0 aliphatic heterocycles. The van der Waals surface area contributed by atoms with Gasteiger partial charge in [0.25, 0.3) is 0 Å². The van der Waals surface area contributed by atoms with Gasteiger partial charge in [-0.15, -0.1) is 0 Å². The van der Waals surface area contributed by atoms with Crippen LogP contribution < -0.4 is 5.32 Å². The number of hydrogen-bond donors (Lipinski definition) is 2. The number of ether oxygens (including phenoxy) is 1. The first kappa shape index (κ1) is 12.9. The van der Waals surface area contributed by atoms with E-state index in [-0.39, 0.29) is 0 Å². The first-order valence-corrected chi connectivity index (χ1v) is 5.06. The molecule has 0 rings (SSSR count). The average molecular weight is 189 g/mol. The quantitative estimate of drug-likeness (QED) is 0.602. The summed E-state index contributed by atoms with van der Waals surface area (Å²) in [7, 11) is 1.72. The third kappa shape index (κ3) is 8.22. The van der Waals surface area contributed by atoms with Gasteiger partial charge in [-0.3, -0.25) is 0 Å². The van der Waals surface area contributed by atoms with Gasteiger partial charge in [-0.1, -0.05) is 0 Å². The highest BCUT2D eigenvalue weighted by atomic mass is 16.5. The minimum atomic E-state index is 0.290. The summed E-state index contributed by atoms with van der Waals surface area (Å²) in [6, 6.07) is 0.979. The Morgan fingerprint density at radius 2 is 1.85 bits per heavy atom. The predicted molar refractivity (Wildman–Crippen MR) is 54.9 cm³/mol. The monoisotopic (exact) mass is 189 g/mol. The van der Waals surface area contributed by atoms with Crippen molar-refractivity contribution in [2.24, 2.45) is 0 Å². The Hall–Kier alpha value is -0.120. The van der Waals surface area contributed by atoms with Crippen molar-refractivity contribution in [3.05, 3.63) is 0 Å². The van der Waals surface area contributed by atoms with Crippen molar-refractivity contribution in [3.63, 3.8) is 0 Å². The smallest absolute Gasteiger partial charge is 0.0476 e. The Bertz CT molecular complexity index is 97.1. The molecule has 0 aromatic carbocycles. The van der Waals surface area contributed by atoms with Crippen molar-refractivity contribution >= 4 is 0 Å². The van der Waals surface area contributed by atoms with Crippen LogP contribution >= 0.6 is 0 Å². The molecule has 0 bridgehead atoms. The first-order chi connectivity index (χ1) is 6.20. The van der Waals surface area contributed by atoms with Gasteiger partial charge in [0.05, 0.1) is 0 Å². The van der Waals surface area contributed by atoms with E-state index in [1.165, 1.54) is 0 Å². The third-order valence-electron chi connectivity index (χ3n) is 2.12. The summed E-state index contributed by atoms with van der Waals surface area (Å²) >= 11 is 0. The third-order valence-corrected chi connectivity index (χ3v) is 2.12. The second-order valence-electron chi connectivity index (χ2n) is 3.62. The maximum Gasteiger partial charge on any atom is 0.0476 e. The molecule has 0 aromatic heterocycles. The van der Waals surface area contributed by atoms with E-state index in [0.717, 1.165) is 25.9 Å². The summed E-state index contributed by atoms with van der Waals surface area (Å²) in [6.45, 7) is 5.41. The van der Waals surface area contributed by atoms with Gasteiger partial charge < -0.3 is 15.2 Å². The summed E-state index contributed by atoms with van der Waals surface area (Å²) in [6.07, 6.45) is 2.96. The minimum Gasteiger partial charge on any atom is -0.396 e. The molecule has 0 aliphatic rings. The number of rotatable bonds is 8. The Balaban J connectivity index is 3.35. The van der Waals surface area contributed by atoms with Crippen LogP contribution in [0.5, 0.6) is 0 Å². The molecule has 0 heterocycles. The van der Waals surface area contributed by atoms with Crippen LogP contribution in [0.15, 0.2) is 0 Å². The lowest BCUT2D eigenvalue weighted by Crippen LogP contribution is -2.35. The van der Waals surface area contributed by atoms with Crippen molar-refractivity contribution < 1.29 is 9.84 Å². The topological polar surface area (TPSA) is 41.5 Å². The largest absolute Gasteiger partial charge is 0.396 e. The fourth-order valence-electron chi connectivity index (χ4n) is 1.34. The molecule has 0 aromatic rings. The van der Waals surface area contributed by atoms with Gasteiger partial charge >= 0.3 is 0 Å². The van der Waals surface area contributed by atoms with E-state index in [1.54, 1.807) is 7.11 Å². The Labute approximate surface area is 81.5 Å². The summed E-state index contributed by atoms with van der Waals surface area (Å²) < 4.78 is 5.00. The lowest BCUT2D eigenvalue weighted by molar-refractivity contribution is 0.182. The highest BCUT2D eigenvalue weighted by Gasteiger charge is 2.06. The zero-order chi connectivity index (χ0) is 10.1. The van der Waals surface area contributed by atoms with Crippen molar-refractivity contribution in [1.82, 2.24) is 5.32 Å². The molecule has 0 spiro atoms. The maximum atomic E-state index is 8.64. The fourth-order valence-corrected chi connectivity index (χ4v) is 1.34. The second kappa shape index (κ2) is 8.48. The van der Waals surface area contributed by atoms with Crippen molar-refractivity contribution in [2.45, 2.75) is 45.2 Å². The average Bonchev–Trinajstić information content (AvgIpc) is 2.11. The molecule has 0 fully saturated rings. The second-order valence-corrected chi connectivity index (χ2v) is 3.62.